The molecule has 0 spiro atoms. The lowest BCUT2D eigenvalue weighted by molar-refractivity contribution is 0.178. The van der Waals surface area contributed by atoms with E-state index in [1.54, 1.807) is 24.4 Å². The lowest BCUT2D eigenvalue weighted by Gasteiger charge is -2.14. The summed E-state index contributed by atoms with van der Waals surface area (Å²) in [5.74, 6) is 0.440. The van der Waals surface area contributed by atoms with Crippen molar-refractivity contribution in [2.45, 2.75) is 12.5 Å². The van der Waals surface area contributed by atoms with Crippen molar-refractivity contribution in [2.75, 3.05) is 5.73 Å². The second-order valence-corrected chi connectivity index (χ2v) is 5.22. The van der Waals surface area contributed by atoms with E-state index >= 15 is 0 Å². The smallest absolute Gasteiger partial charge is 0.126 e. The molecule has 5 heteroatoms. The van der Waals surface area contributed by atoms with Gasteiger partial charge < -0.3 is 10.8 Å². The van der Waals surface area contributed by atoms with Gasteiger partial charge in [0.2, 0.25) is 0 Å². The number of hydrogen-bond donors (Lipinski definition) is 2. The van der Waals surface area contributed by atoms with Gasteiger partial charge in [0.25, 0.3) is 0 Å². The Morgan fingerprint density at radius 1 is 1.39 bits per heavy atom. The van der Waals surface area contributed by atoms with Crippen molar-refractivity contribution in [1.82, 2.24) is 4.98 Å². The van der Waals surface area contributed by atoms with Gasteiger partial charge in [-0.15, -0.1) is 0 Å². The Bertz CT molecular complexity index is 562. The minimum atomic E-state index is -0.676. The van der Waals surface area contributed by atoms with Crippen LogP contribution in [-0.2, 0) is 6.42 Å². The zero-order valence-corrected chi connectivity index (χ0v) is 11.8. The van der Waals surface area contributed by atoms with E-state index in [4.69, 9.17) is 17.3 Å². The van der Waals surface area contributed by atoms with E-state index < -0.39 is 6.10 Å². The number of aromatic nitrogens is 1. The summed E-state index contributed by atoms with van der Waals surface area (Å²) in [4.78, 5) is 3.99. The maximum absolute atomic E-state index is 10.2. The van der Waals surface area contributed by atoms with Crippen LogP contribution < -0.4 is 5.73 Å². The molecule has 0 aliphatic carbocycles. The number of pyridine rings is 1. The number of anilines is 1. The molecule has 1 aromatic carbocycles. The molecule has 0 saturated carbocycles. The quantitative estimate of drug-likeness (QED) is 0.909. The molecule has 2 rings (SSSR count). The summed E-state index contributed by atoms with van der Waals surface area (Å²) < 4.78 is 0.821. The van der Waals surface area contributed by atoms with E-state index in [1.807, 2.05) is 12.1 Å². The van der Waals surface area contributed by atoms with Gasteiger partial charge in [-0.05, 0) is 35.4 Å². The molecule has 1 heterocycles. The van der Waals surface area contributed by atoms with Gasteiger partial charge in [-0.3, -0.25) is 0 Å². The topological polar surface area (TPSA) is 59.1 Å². The predicted octanol–water partition coefficient (Wildman–Crippen LogP) is 3.36. The molecule has 3 nitrogen and oxygen atoms in total. The van der Waals surface area contributed by atoms with Crippen LogP contribution in [0.15, 0.2) is 41.0 Å². The summed E-state index contributed by atoms with van der Waals surface area (Å²) in [7, 11) is 0. The predicted molar refractivity (Wildman–Crippen MR) is 76.5 cm³/mol. The number of nitrogens with two attached hydrogens (primary N) is 1. The highest BCUT2D eigenvalue weighted by Crippen LogP contribution is 2.29. The van der Waals surface area contributed by atoms with E-state index in [1.165, 1.54) is 0 Å². The third-order valence-corrected chi connectivity index (χ3v) is 3.61. The number of nitrogen functional groups attached to an aromatic ring is 1. The lowest BCUT2D eigenvalue weighted by Crippen LogP contribution is -2.06. The first-order chi connectivity index (χ1) is 8.58. The highest BCUT2D eigenvalue weighted by Gasteiger charge is 2.14. The molecule has 1 aromatic heterocycles. The fraction of sp³-hybridized carbons (Fsp3) is 0.154. The van der Waals surface area contributed by atoms with Crippen molar-refractivity contribution >= 4 is 33.3 Å². The number of rotatable bonds is 3. The van der Waals surface area contributed by atoms with Gasteiger partial charge in [0.05, 0.1) is 6.10 Å². The van der Waals surface area contributed by atoms with Crippen LogP contribution in [0.5, 0.6) is 0 Å². The number of benzene rings is 1. The number of aliphatic hydroxyl groups is 1. The van der Waals surface area contributed by atoms with Gasteiger partial charge in [-0.2, -0.15) is 0 Å². The van der Waals surface area contributed by atoms with Crippen LogP contribution in [0.1, 0.15) is 17.2 Å². The van der Waals surface area contributed by atoms with Gasteiger partial charge in [-0.1, -0.05) is 33.6 Å². The van der Waals surface area contributed by atoms with Crippen LogP contribution in [0.2, 0.25) is 5.02 Å². The van der Waals surface area contributed by atoms with Crippen molar-refractivity contribution in [3.05, 3.63) is 57.2 Å². The molecule has 18 heavy (non-hydrogen) atoms. The van der Waals surface area contributed by atoms with Gasteiger partial charge in [-0.25, -0.2) is 4.98 Å². The van der Waals surface area contributed by atoms with E-state index in [9.17, 15) is 5.11 Å². The number of halogens is 2. The Balaban J connectivity index is 2.25. The first-order valence-electron chi connectivity index (χ1n) is 5.40. The van der Waals surface area contributed by atoms with E-state index in [0.29, 0.717) is 17.3 Å². The van der Waals surface area contributed by atoms with Crippen LogP contribution >= 0.6 is 27.5 Å². The van der Waals surface area contributed by atoms with Crippen molar-refractivity contribution < 1.29 is 5.11 Å². The minimum Gasteiger partial charge on any atom is -0.388 e. The van der Waals surface area contributed by atoms with Crippen molar-refractivity contribution in [3.8, 4) is 0 Å². The molecule has 0 aliphatic heterocycles. The summed E-state index contributed by atoms with van der Waals surface area (Å²) in [6.07, 6.45) is 1.35. The van der Waals surface area contributed by atoms with Crippen molar-refractivity contribution in [3.63, 3.8) is 0 Å². The Hall–Kier alpha value is -1.10. The molecular weight excluding hydrogens is 316 g/mol. The zero-order chi connectivity index (χ0) is 13.1. The number of hydrogen-bond acceptors (Lipinski definition) is 3. The van der Waals surface area contributed by atoms with E-state index in [2.05, 4.69) is 20.9 Å². The summed E-state index contributed by atoms with van der Waals surface area (Å²) >= 11 is 9.32. The monoisotopic (exact) mass is 326 g/mol. The van der Waals surface area contributed by atoms with Crippen LogP contribution in [0.4, 0.5) is 5.82 Å². The van der Waals surface area contributed by atoms with Crippen LogP contribution in [0, 0.1) is 0 Å². The maximum Gasteiger partial charge on any atom is 0.126 e. The third-order valence-electron chi connectivity index (χ3n) is 2.66. The first kappa shape index (κ1) is 13.3. The molecule has 0 aliphatic rings. The van der Waals surface area contributed by atoms with E-state index in [-0.39, 0.29) is 0 Å². The molecule has 2 aromatic rings. The Morgan fingerprint density at radius 2 is 2.17 bits per heavy atom. The summed E-state index contributed by atoms with van der Waals surface area (Å²) in [6.45, 7) is 0. The SMILES string of the molecule is Nc1ncccc1CC(O)c1cc(Cl)ccc1Br. The van der Waals surface area contributed by atoms with Gasteiger partial charge >= 0.3 is 0 Å². The average molecular weight is 328 g/mol. The first-order valence-corrected chi connectivity index (χ1v) is 6.57. The van der Waals surface area contributed by atoms with Crippen LogP contribution in [0.3, 0.4) is 0 Å². The number of nitrogens with zero attached hydrogens (tertiary/aromatic N) is 1. The summed E-state index contributed by atoms with van der Waals surface area (Å²) in [6, 6.07) is 8.96. The molecule has 0 radical (unpaired) electrons. The standard InChI is InChI=1S/C13H12BrClN2O/c14-11-4-3-9(15)7-10(11)12(18)6-8-2-1-5-17-13(8)16/h1-5,7,12,18H,6H2,(H2,16,17). The molecule has 0 fully saturated rings. The highest BCUT2D eigenvalue weighted by molar-refractivity contribution is 9.10. The van der Waals surface area contributed by atoms with Crippen molar-refractivity contribution in [2.24, 2.45) is 0 Å². The summed E-state index contributed by atoms with van der Waals surface area (Å²) in [5, 5.41) is 10.8. The largest absolute Gasteiger partial charge is 0.388 e. The molecule has 1 unspecified atom stereocenters. The average Bonchev–Trinajstić information content (AvgIpc) is 2.35. The normalized spacial score (nSPS) is 12.4. The van der Waals surface area contributed by atoms with Gasteiger partial charge in [0.15, 0.2) is 0 Å². The lowest BCUT2D eigenvalue weighted by atomic mass is 10.0. The fourth-order valence-corrected chi connectivity index (χ4v) is 2.40. The fourth-order valence-electron chi connectivity index (χ4n) is 1.71. The molecule has 3 N–H and O–H groups in total. The van der Waals surface area contributed by atoms with Crippen LogP contribution in [-0.4, -0.2) is 10.1 Å². The van der Waals surface area contributed by atoms with Gasteiger partial charge in [0.1, 0.15) is 5.82 Å². The molecular formula is C13H12BrClN2O. The van der Waals surface area contributed by atoms with Crippen molar-refractivity contribution in [1.29, 1.82) is 0 Å². The third kappa shape index (κ3) is 3.02. The second kappa shape index (κ2) is 5.69. The molecule has 0 bridgehead atoms. The molecule has 1 atom stereocenters. The van der Waals surface area contributed by atoms with Crippen LogP contribution in [0.25, 0.3) is 0 Å². The zero-order valence-electron chi connectivity index (χ0n) is 9.48. The Labute approximate surface area is 119 Å². The number of aliphatic hydroxyl groups excluding tert-OH is 1. The maximum atomic E-state index is 10.2. The molecule has 0 amide bonds. The van der Waals surface area contributed by atoms with Gasteiger partial charge in [0, 0.05) is 22.1 Å². The summed E-state index contributed by atoms with van der Waals surface area (Å²) in [5.41, 5.74) is 7.31. The Morgan fingerprint density at radius 3 is 2.89 bits per heavy atom. The Kier molecular flexibility index (Phi) is 4.22. The highest BCUT2D eigenvalue weighted by atomic mass is 79.9. The molecule has 0 saturated heterocycles. The minimum absolute atomic E-state index is 0.401. The second-order valence-electron chi connectivity index (χ2n) is 3.93. The van der Waals surface area contributed by atoms with E-state index in [0.717, 1.165) is 15.6 Å². The molecule has 94 valence electrons.